The number of hydrogen-bond acceptors (Lipinski definition) is 8. The average Bonchev–Trinajstić information content (AvgIpc) is 2.89. The van der Waals surface area contributed by atoms with Gasteiger partial charge in [0.15, 0.2) is 8.64 Å². The van der Waals surface area contributed by atoms with E-state index in [9.17, 15) is 10.2 Å². The molecule has 4 N–H and O–H groups in total. The molecule has 0 saturated carbocycles. The lowest BCUT2D eigenvalue weighted by atomic mass is 10.0. The minimum Gasteiger partial charge on any atom is -0.507 e. The summed E-state index contributed by atoms with van der Waals surface area (Å²) in [6.45, 7) is 3.49. The lowest BCUT2D eigenvalue weighted by Gasteiger charge is -2.11. The number of benzene rings is 3. The predicted molar refractivity (Wildman–Crippen MR) is 161 cm³/mol. The molecule has 0 saturated heterocycles. The molecule has 0 atom stereocenters. The van der Waals surface area contributed by atoms with Crippen LogP contribution in [0.5, 0.6) is 11.5 Å². The molecule has 6 nitrogen and oxygen atoms in total. The van der Waals surface area contributed by atoms with Gasteiger partial charge in [-0.1, -0.05) is 109 Å². The fourth-order valence-electron chi connectivity index (χ4n) is 3.05. The molecule has 0 aliphatic carbocycles. The first-order valence-corrected chi connectivity index (χ1v) is 13.7. The number of phenols is 2. The molecular formula is C26H26N4O2S4. The van der Waals surface area contributed by atoms with Gasteiger partial charge in [0.1, 0.15) is 11.5 Å². The summed E-state index contributed by atoms with van der Waals surface area (Å²) in [5, 5.41) is 29.4. The third-order valence-electron chi connectivity index (χ3n) is 4.95. The summed E-state index contributed by atoms with van der Waals surface area (Å²) in [5.74, 6) is 1.25. The van der Waals surface area contributed by atoms with E-state index in [-0.39, 0.29) is 11.5 Å². The predicted octanol–water partition coefficient (Wildman–Crippen LogP) is 6.16. The first-order valence-electron chi connectivity index (χ1n) is 10.9. The number of phenolic OH excluding ortho intramolecular Hbond substituents is 2. The molecule has 0 aliphatic rings. The molecule has 186 valence electrons. The molecule has 3 aromatic rings. The Kier molecular flexibility index (Phi) is 10.7. The summed E-state index contributed by atoms with van der Waals surface area (Å²) in [5.41, 5.74) is 9.94. The Balaban J connectivity index is 1.62. The molecule has 0 fully saturated rings. The van der Waals surface area contributed by atoms with Gasteiger partial charge in [0.25, 0.3) is 0 Å². The Morgan fingerprint density at radius 3 is 1.47 bits per heavy atom. The van der Waals surface area contributed by atoms with Crippen LogP contribution in [-0.4, -0.2) is 30.3 Å². The molecule has 0 heterocycles. The fraction of sp³-hybridized carbons (Fsp3) is 0.154. The maximum atomic E-state index is 10.4. The van der Waals surface area contributed by atoms with Gasteiger partial charge < -0.3 is 10.2 Å². The molecule has 10 heteroatoms. The summed E-state index contributed by atoms with van der Waals surface area (Å²) in [7, 11) is 0. The van der Waals surface area contributed by atoms with Gasteiger partial charge in [-0.25, -0.2) is 0 Å². The second-order valence-electron chi connectivity index (χ2n) is 7.63. The quantitative estimate of drug-likeness (QED) is 0.150. The van der Waals surface area contributed by atoms with Gasteiger partial charge in [0.2, 0.25) is 0 Å². The molecule has 0 aliphatic heterocycles. The third kappa shape index (κ3) is 8.63. The molecular weight excluding hydrogens is 529 g/mol. The number of nitrogens with zero attached hydrogens (tertiary/aromatic N) is 2. The summed E-state index contributed by atoms with van der Waals surface area (Å²) in [6, 6.07) is 22.9. The van der Waals surface area contributed by atoms with Crippen molar-refractivity contribution in [3.8, 4) is 11.5 Å². The smallest absolute Gasteiger partial charge is 0.154 e. The van der Waals surface area contributed by atoms with Gasteiger partial charge in [-0.3, -0.25) is 10.9 Å². The van der Waals surface area contributed by atoms with Crippen molar-refractivity contribution in [1.82, 2.24) is 10.9 Å². The van der Waals surface area contributed by atoms with Crippen LogP contribution in [0.15, 0.2) is 83.0 Å². The lowest BCUT2D eigenvalue weighted by Crippen LogP contribution is -2.15. The van der Waals surface area contributed by atoms with E-state index in [4.69, 9.17) is 24.4 Å². The maximum Gasteiger partial charge on any atom is 0.154 e. The zero-order valence-electron chi connectivity index (χ0n) is 19.8. The highest BCUT2D eigenvalue weighted by molar-refractivity contribution is 8.22. The van der Waals surface area contributed by atoms with E-state index in [0.29, 0.717) is 31.2 Å². The van der Waals surface area contributed by atoms with Gasteiger partial charge in [0.05, 0.1) is 11.4 Å². The van der Waals surface area contributed by atoms with Crippen molar-refractivity contribution in [3.63, 3.8) is 0 Å². The summed E-state index contributed by atoms with van der Waals surface area (Å²) in [4.78, 5) is 0. The van der Waals surface area contributed by atoms with E-state index in [2.05, 4.69) is 21.1 Å². The van der Waals surface area contributed by atoms with Crippen LogP contribution in [0.4, 0.5) is 0 Å². The van der Waals surface area contributed by atoms with Crippen LogP contribution in [0, 0.1) is 0 Å². The molecule has 0 amide bonds. The number of rotatable bonds is 8. The number of hydrazone groups is 2. The second kappa shape index (κ2) is 14.0. The van der Waals surface area contributed by atoms with Crippen LogP contribution in [0.3, 0.4) is 0 Å². The van der Waals surface area contributed by atoms with E-state index in [1.807, 2.05) is 60.7 Å². The average molecular weight is 555 g/mol. The SMILES string of the molecule is C/C(=N/NC(=S)SCc1ccccc1)c1cc(/C(C)=N\NC(=S)SCc2ccccc2)c(O)cc1O. The van der Waals surface area contributed by atoms with Crippen LogP contribution in [0.2, 0.25) is 0 Å². The fourth-order valence-corrected chi connectivity index (χ4v) is 4.69. The molecule has 0 spiro atoms. The lowest BCUT2D eigenvalue weighted by molar-refractivity contribution is 0.449. The van der Waals surface area contributed by atoms with Crippen LogP contribution in [0.25, 0.3) is 0 Å². The molecule has 3 rings (SSSR count). The van der Waals surface area contributed by atoms with Gasteiger partial charge in [0, 0.05) is 28.7 Å². The van der Waals surface area contributed by atoms with E-state index < -0.39 is 0 Å². The van der Waals surface area contributed by atoms with E-state index in [0.717, 1.165) is 22.6 Å². The van der Waals surface area contributed by atoms with Gasteiger partial charge in [-0.05, 0) is 31.0 Å². The third-order valence-corrected chi connectivity index (χ3v) is 7.50. The zero-order chi connectivity index (χ0) is 25.9. The topological polar surface area (TPSA) is 89.2 Å². The van der Waals surface area contributed by atoms with Crippen LogP contribution < -0.4 is 10.9 Å². The maximum absolute atomic E-state index is 10.4. The van der Waals surface area contributed by atoms with Gasteiger partial charge in [-0.15, -0.1) is 0 Å². The molecule has 36 heavy (non-hydrogen) atoms. The van der Waals surface area contributed by atoms with Crippen molar-refractivity contribution < 1.29 is 10.2 Å². The van der Waals surface area contributed by atoms with Crippen LogP contribution in [-0.2, 0) is 11.5 Å². The van der Waals surface area contributed by atoms with Crippen molar-refractivity contribution >= 4 is 68.0 Å². The first-order chi connectivity index (χ1) is 17.3. The Labute approximate surface area is 230 Å². The number of thiocarbonyl (C=S) groups is 2. The number of thioether (sulfide) groups is 2. The molecule has 3 aromatic carbocycles. The Morgan fingerprint density at radius 2 is 1.08 bits per heavy atom. The molecule has 0 aromatic heterocycles. The monoisotopic (exact) mass is 554 g/mol. The van der Waals surface area contributed by atoms with Crippen molar-refractivity contribution in [1.29, 1.82) is 0 Å². The molecule has 0 radical (unpaired) electrons. The van der Waals surface area contributed by atoms with Crippen molar-refractivity contribution in [2.45, 2.75) is 25.4 Å². The van der Waals surface area contributed by atoms with Crippen LogP contribution >= 0.6 is 48.0 Å². The highest BCUT2D eigenvalue weighted by Gasteiger charge is 2.14. The Hall–Kier alpha value is -2.92. The second-order valence-corrected chi connectivity index (χ2v) is 10.9. The van der Waals surface area contributed by atoms with Crippen molar-refractivity contribution in [2.75, 3.05) is 0 Å². The normalized spacial score (nSPS) is 11.7. The van der Waals surface area contributed by atoms with Gasteiger partial charge >= 0.3 is 0 Å². The van der Waals surface area contributed by atoms with Gasteiger partial charge in [-0.2, -0.15) is 10.2 Å². The van der Waals surface area contributed by atoms with E-state index in [1.54, 1.807) is 19.9 Å². The standard InChI is InChI=1S/C26H26N4O2S4/c1-17(27-29-25(33)35-15-19-9-5-3-6-10-19)21-13-22(24(32)14-23(21)31)18(2)28-30-26(34)36-16-20-11-7-4-8-12-20/h3-14,31-32H,15-16H2,1-2H3,(H,29,33)(H,30,34)/b27-17-,28-18-. The number of aromatic hydroxyl groups is 2. The molecule has 0 bridgehead atoms. The summed E-state index contributed by atoms with van der Waals surface area (Å²) >= 11 is 13.6. The number of hydrogen-bond donors (Lipinski definition) is 4. The number of nitrogens with one attached hydrogen (secondary N) is 2. The zero-order valence-corrected chi connectivity index (χ0v) is 23.0. The van der Waals surface area contributed by atoms with E-state index in [1.165, 1.54) is 29.6 Å². The largest absolute Gasteiger partial charge is 0.507 e. The Bertz CT molecular complexity index is 1170. The van der Waals surface area contributed by atoms with Crippen molar-refractivity contribution in [2.24, 2.45) is 10.2 Å². The minimum absolute atomic E-state index is 0.100. The highest BCUT2D eigenvalue weighted by Crippen LogP contribution is 2.28. The minimum atomic E-state index is -0.100. The Morgan fingerprint density at radius 1 is 0.694 bits per heavy atom. The molecule has 0 unspecified atom stereocenters. The van der Waals surface area contributed by atoms with Crippen molar-refractivity contribution in [3.05, 3.63) is 95.1 Å². The summed E-state index contributed by atoms with van der Waals surface area (Å²) < 4.78 is 1.03. The van der Waals surface area contributed by atoms with Crippen LogP contribution in [0.1, 0.15) is 36.1 Å². The van der Waals surface area contributed by atoms with E-state index >= 15 is 0 Å². The highest BCUT2D eigenvalue weighted by atomic mass is 32.2. The first kappa shape index (κ1) is 27.7. The summed E-state index contributed by atoms with van der Waals surface area (Å²) in [6.07, 6.45) is 0.